The van der Waals surface area contributed by atoms with Gasteiger partial charge in [-0.15, -0.1) is 11.3 Å². The summed E-state index contributed by atoms with van der Waals surface area (Å²) in [5.74, 6) is -0.751. The number of carboxylic acids is 1. The fourth-order valence-corrected chi connectivity index (χ4v) is 2.50. The Morgan fingerprint density at radius 3 is 2.88 bits per heavy atom. The highest BCUT2D eigenvalue weighted by molar-refractivity contribution is 7.13. The van der Waals surface area contributed by atoms with Gasteiger partial charge in [0.15, 0.2) is 0 Å². The average Bonchev–Trinajstić information content (AvgIpc) is 2.84. The molecule has 0 aliphatic heterocycles. The monoisotopic (exact) mass is 235 g/mol. The average molecular weight is 235 g/mol. The largest absolute Gasteiger partial charge is 0.481 e. The van der Waals surface area contributed by atoms with E-state index in [1.807, 2.05) is 30.6 Å². The lowest BCUT2D eigenvalue weighted by Gasteiger charge is -2.05. The van der Waals surface area contributed by atoms with Crippen LogP contribution in [-0.2, 0) is 18.3 Å². The van der Waals surface area contributed by atoms with E-state index in [-0.39, 0.29) is 6.42 Å². The van der Waals surface area contributed by atoms with Crippen molar-refractivity contribution in [3.05, 3.63) is 35.3 Å². The topological polar surface area (TPSA) is 42.2 Å². The van der Waals surface area contributed by atoms with Gasteiger partial charge in [-0.25, -0.2) is 0 Å². The van der Waals surface area contributed by atoms with Crippen molar-refractivity contribution >= 4 is 17.3 Å². The number of carbonyl (C=O) groups is 1. The van der Waals surface area contributed by atoms with Crippen LogP contribution in [0, 0.1) is 0 Å². The van der Waals surface area contributed by atoms with Crippen LogP contribution in [0.2, 0.25) is 0 Å². The molecule has 84 valence electrons. The summed E-state index contributed by atoms with van der Waals surface area (Å²) in [5, 5.41) is 10.7. The standard InChI is InChI=1S/C12H13NO2S/c1-13-9(5-7-12(14)15)4-6-10(13)11-3-2-8-16-11/h2-4,6,8H,5,7H2,1H3,(H,14,15). The predicted molar refractivity (Wildman–Crippen MR) is 64.7 cm³/mol. The maximum atomic E-state index is 10.5. The maximum Gasteiger partial charge on any atom is 0.303 e. The Morgan fingerprint density at radius 2 is 2.25 bits per heavy atom. The molecule has 1 N–H and O–H groups in total. The number of aryl methyl sites for hydroxylation is 1. The zero-order chi connectivity index (χ0) is 11.5. The van der Waals surface area contributed by atoms with E-state index >= 15 is 0 Å². The highest BCUT2D eigenvalue weighted by Gasteiger charge is 2.08. The third kappa shape index (κ3) is 2.17. The van der Waals surface area contributed by atoms with E-state index in [1.54, 1.807) is 11.3 Å². The minimum atomic E-state index is -0.751. The van der Waals surface area contributed by atoms with Gasteiger partial charge in [0.1, 0.15) is 0 Å². The Kier molecular flexibility index (Phi) is 3.10. The molecule has 0 saturated carbocycles. The quantitative estimate of drug-likeness (QED) is 0.885. The Balaban J connectivity index is 2.21. The molecule has 0 amide bonds. The number of aromatic nitrogens is 1. The number of hydrogen-bond acceptors (Lipinski definition) is 2. The smallest absolute Gasteiger partial charge is 0.303 e. The molecule has 2 aromatic rings. The van der Waals surface area contributed by atoms with E-state index < -0.39 is 5.97 Å². The van der Waals surface area contributed by atoms with E-state index in [4.69, 9.17) is 5.11 Å². The molecule has 0 aliphatic rings. The van der Waals surface area contributed by atoms with Gasteiger partial charge in [0.05, 0.1) is 17.0 Å². The van der Waals surface area contributed by atoms with Crippen LogP contribution in [0.4, 0.5) is 0 Å². The first kappa shape index (κ1) is 11.0. The first-order valence-corrected chi connectivity index (χ1v) is 5.96. The fraction of sp³-hybridized carbons (Fsp3) is 0.250. The zero-order valence-electron chi connectivity index (χ0n) is 9.01. The summed E-state index contributed by atoms with van der Waals surface area (Å²) in [5.41, 5.74) is 2.21. The molecule has 4 heteroatoms. The van der Waals surface area contributed by atoms with Crippen molar-refractivity contribution in [2.45, 2.75) is 12.8 Å². The van der Waals surface area contributed by atoms with Crippen LogP contribution < -0.4 is 0 Å². The summed E-state index contributed by atoms with van der Waals surface area (Å²) < 4.78 is 2.06. The molecule has 0 fully saturated rings. The summed E-state index contributed by atoms with van der Waals surface area (Å²) in [7, 11) is 1.98. The molecule has 0 bridgehead atoms. The lowest BCUT2D eigenvalue weighted by Crippen LogP contribution is -2.02. The highest BCUT2D eigenvalue weighted by atomic mass is 32.1. The van der Waals surface area contributed by atoms with Crippen LogP contribution in [0.1, 0.15) is 12.1 Å². The van der Waals surface area contributed by atoms with Crippen LogP contribution in [0.5, 0.6) is 0 Å². The molecule has 2 heterocycles. The second-order valence-electron chi connectivity index (χ2n) is 3.64. The second-order valence-corrected chi connectivity index (χ2v) is 4.59. The van der Waals surface area contributed by atoms with Crippen molar-refractivity contribution in [2.75, 3.05) is 0 Å². The van der Waals surface area contributed by atoms with Gasteiger partial charge in [-0.2, -0.15) is 0 Å². The molecule has 0 unspecified atom stereocenters. The van der Waals surface area contributed by atoms with E-state index in [9.17, 15) is 4.79 Å². The first-order chi connectivity index (χ1) is 7.68. The predicted octanol–water partition coefficient (Wildman–Crippen LogP) is 2.77. The third-order valence-electron chi connectivity index (χ3n) is 2.59. The summed E-state index contributed by atoms with van der Waals surface area (Å²) >= 11 is 1.69. The van der Waals surface area contributed by atoms with Crippen molar-refractivity contribution in [1.29, 1.82) is 0 Å². The van der Waals surface area contributed by atoms with E-state index in [0.29, 0.717) is 6.42 Å². The Morgan fingerprint density at radius 1 is 1.44 bits per heavy atom. The van der Waals surface area contributed by atoms with Gasteiger partial charge >= 0.3 is 5.97 Å². The molecule has 16 heavy (non-hydrogen) atoms. The minimum Gasteiger partial charge on any atom is -0.481 e. The second kappa shape index (κ2) is 4.53. The van der Waals surface area contributed by atoms with Crippen LogP contribution in [-0.4, -0.2) is 15.6 Å². The molecule has 2 aromatic heterocycles. The lowest BCUT2D eigenvalue weighted by molar-refractivity contribution is -0.136. The molecule has 0 aromatic carbocycles. The maximum absolute atomic E-state index is 10.5. The lowest BCUT2D eigenvalue weighted by atomic mass is 10.2. The highest BCUT2D eigenvalue weighted by Crippen LogP contribution is 2.26. The SMILES string of the molecule is Cn1c(CCC(=O)O)ccc1-c1cccs1. The van der Waals surface area contributed by atoms with Gasteiger partial charge in [-0.05, 0) is 30.0 Å². The normalized spacial score (nSPS) is 10.6. The van der Waals surface area contributed by atoms with Crippen LogP contribution in [0.25, 0.3) is 10.6 Å². The third-order valence-corrected chi connectivity index (χ3v) is 3.49. The fourth-order valence-electron chi connectivity index (χ4n) is 1.71. The molecule has 0 atom stereocenters. The molecule has 0 aliphatic carbocycles. The van der Waals surface area contributed by atoms with Crippen molar-refractivity contribution in [3.8, 4) is 10.6 Å². The van der Waals surface area contributed by atoms with Crippen molar-refractivity contribution in [3.63, 3.8) is 0 Å². The van der Waals surface area contributed by atoms with E-state index in [1.165, 1.54) is 4.88 Å². The zero-order valence-corrected chi connectivity index (χ0v) is 9.83. The number of carboxylic acid groups (broad SMARTS) is 1. The van der Waals surface area contributed by atoms with Crippen LogP contribution in [0.3, 0.4) is 0 Å². The summed E-state index contributed by atoms with van der Waals surface area (Å²) in [4.78, 5) is 11.7. The summed E-state index contributed by atoms with van der Waals surface area (Å²) in [6.07, 6.45) is 0.763. The number of thiophene rings is 1. The van der Waals surface area contributed by atoms with Gasteiger partial charge in [0.2, 0.25) is 0 Å². The van der Waals surface area contributed by atoms with Gasteiger partial charge < -0.3 is 9.67 Å². The van der Waals surface area contributed by atoms with Gasteiger partial charge in [-0.3, -0.25) is 4.79 Å². The molecular weight excluding hydrogens is 222 g/mol. The minimum absolute atomic E-state index is 0.182. The van der Waals surface area contributed by atoms with Gasteiger partial charge in [0, 0.05) is 12.7 Å². The number of aliphatic carboxylic acids is 1. The Hall–Kier alpha value is -1.55. The number of nitrogens with zero attached hydrogens (tertiary/aromatic N) is 1. The number of rotatable bonds is 4. The summed E-state index contributed by atoms with van der Waals surface area (Å²) in [6.45, 7) is 0. The van der Waals surface area contributed by atoms with E-state index in [0.717, 1.165) is 11.4 Å². The van der Waals surface area contributed by atoms with E-state index in [2.05, 4.69) is 10.6 Å². The van der Waals surface area contributed by atoms with Crippen molar-refractivity contribution in [1.82, 2.24) is 4.57 Å². The molecule has 0 radical (unpaired) electrons. The van der Waals surface area contributed by atoms with Gasteiger partial charge in [-0.1, -0.05) is 6.07 Å². The van der Waals surface area contributed by atoms with Crippen molar-refractivity contribution < 1.29 is 9.90 Å². The van der Waals surface area contributed by atoms with Crippen molar-refractivity contribution in [2.24, 2.45) is 7.05 Å². The van der Waals surface area contributed by atoms with Crippen LogP contribution >= 0.6 is 11.3 Å². The Labute approximate surface area is 98.0 Å². The molecular formula is C12H13NO2S. The van der Waals surface area contributed by atoms with Crippen LogP contribution in [0.15, 0.2) is 29.6 Å². The molecule has 0 saturated heterocycles. The summed E-state index contributed by atoms with van der Waals surface area (Å²) in [6, 6.07) is 8.13. The molecule has 2 rings (SSSR count). The molecule has 3 nitrogen and oxygen atoms in total. The molecule has 0 spiro atoms. The number of hydrogen-bond donors (Lipinski definition) is 1. The Bertz CT molecular complexity index is 485. The first-order valence-electron chi connectivity index (χ1n) is 5.09. The van der Waals surface area contributed by atoms with Gasteiger partial charge in [0.25, 0.3) is 0 Å².